The second-order valence-corrected chi connectivity index (χ2v) is 2.78. The van der Waals surface area contributed by atoms with Crippen molar-refractivity contribution in [2.75, 3.05) is 13.1 Å². The number of hydrogen-bond donors (Lipinski definition) is 4. The molecule has 7 N–H and O–H groups in total. The fourth-order valence-electron chi connectivity index (χ4n) is 1.13. The van der Waals surface area contributed by atoms with Crippen molar-refractivity contribution in [3.05, 3.63) is 0 Å². The Morgan fingerprint density at radius 1 is 1.25 bits per heavy atom. The van der Waals surface area contributed by atoms with Crippen LogP contribution in [0.15, 0.2) is 0 Å². The lowest BCUT2D eigenvalue weighted by atomic mass is 9.93. The molecular formula is C7H17N3O2. The molecule has 0 saturated carbocycles. The predicted molar refractivity (Wildman–Crippen MR) is 46.4 cm³/mol. The van der Waals surface area contributed by atoms with E-state index in [2.05, 4.69) is 0 Å². The zero-order valence-corrected chi connectivity index (χ0v) is 7.07. The number of carboxylic acid groups (broad SMARTS) is 1. The van der Waals surface area contributed by atoms with E-state index in [1.807, 2.05) is 0 Å². The number of rotatable bonds is 6. The summed E-state index contributed by atoms with van der Waals surface area (Å²) in [5.74, 6) is -1.08. The SMILES string of the molecule is NCCC(CCN)C(N)C(=O)O. The van der Waals surface area contributed by atoms with Gasteiger partial charge in [-0.3, -0.25) is 4.79 Å². The Morgan fingerprint density at radius 2 is 1.67 bits per heavy atom. The minimum absolute atomic E-state index is 0.0995. The molecule has 1 atom stereocenters. The molecule has 0 aromatic carbocycles. The van der Waals surface area contributed by atoms with Gasteiger partial charge in [-0.25, -0.2) is 0 Å². The summed E-state index contributed by atoms with van der Waals surface area (Å²) < 4.78 is 0. The van der Waals surface area contributed by atoms with E-state index in [-0.39, 0.29) is 5.92 Å². The van der Waals surface area contributed by atoms with Gasteiger partial charge in [0.25, 0.3) is 0 Å². The monoisotopic (exact) mass is 175 g/mol. The van der Waals surface area contributed by atoms with Crippen LogP contribution < -0.4 is 17.2 Å². The van der Waals surface area contributed by atoms with E-state index in [1.54, 1.807) is 0 Å². The molecule has 0 saturated heterocycles. The maximum absolute atomic E-state index is 10.5. The highest BCUT2D eigenvalue weighted by Gasteiger charge is 2.22. The van der Waals surface area contributed by atoms with E-state index < -0.39 is 12.0 Å². The van der Waals surface area contributed by atoms with Gasteiger partial charge in [0.15, 0.2) is 0 Å². The quantitative estimate of drug-likeness (QED) is 0.401. The van der Waals surface area contributed by atoms with Crippen LogP contribution in [0.1, 0.15) is 12.8 Å². The van der Waals surface area contributed by atoms with Gasteiger partial charge in [0.05, 0.1) is 0 Å². The van der Waals surface area contributed by atoms with Crippen LogP contribution in [0.4, 0.5) is 0 Å². The lowest BCUT2D eigenvalue weighted by molar-refractivity contribution is -0.139. The molecule has 5 nitrogen and oxygen atoms in total. The zero-order valence-electron chi connectivity index (χ0n) is 7.07. The Balaban J connectivity index is 3.98. The van der Waals surface area contributed by atoms with Crippen molar-refractivity contribution in [3.63, 3.8) is 0 Å². The van der Waals surface area contributed by atoms with Crippen LogP contribution in [0.5, 0.6) is 0 Å². The van der Waals surface area contributed by atoms with Crippen LogP contribution in [0.2, 0.25) is 0 Å². The molecule has 0 heterocycles. The molecule has 0 amide bonds. The summed E-state index contributed by atoms with van der Waals surface area (Å²) in [5, 5.41) is 8.60. The molecule has 0 radical (unpaired) electrons. The molecule has 12 heavy (non-hydrogen) atoms. The number of aliphatic carboxylic acids is 1. The molecule has 0 aliphatic rings. The third kappa shape index (κ3) is 3.66. The van der Waals surface area contributed by atoms with Crippen LogP contribution in [-0.2, 0) is 4.79 Å². The van der Waals surface area contributed by atoms with Gasteiger partial charge < -0.3 is 22.3 Å². The molecular weight excluding hydrogens is 158 g/mol. The first-order valence-corrected chi connectivity index (χ1v) is 4.02. The van der Waals surface area contributed by atoms with Crippen molar-refractivity contribution >= 4 is 5.97 Å². The van der Waals surface area contributed by atoms with Gasteiger partial charge in [0.2, 0.25) is 0 Å². The van der Waals surface area contributed by atoms with Crippen LogP contribution in [0.3, 0.4) is 0 Å². The van der Waals surface area contributed by atoms with E-state index in [4.69, 9.17) is 22.3 Å². The molecule has 0 aromatic heterocycles. The Morgan fingerprint density at radius 3 is 1.92 bits per heavy atom. The first-order valence-electron chi connectivity index (χ1n) is 4.02. The van der Waals surface area contributed by atoms with E-state index in [9.17, 15) is 4.79 Å². The predicted octanol–water partition coefficient (Wildman–Crippen LogP) is -1.29. The van der Waals surface area contributed by atoms with Gasteiger partial charge in [0.1, 0.15) is 6.04 Å². The third-order valence-corrected chi connectivity index (χ3v) is 1.87. The van der Waals surface area contributed by atoms with Crippen molar-refractivity contribution in [1.82, 2.24) is 0 Å². The maximum atomic E-state index is 10.5. The summed E-state index contributed by atoms with van der Waals surface area (Å²) in [4.78, 5) is 10.5. The highest BCUT2D eigenvalue weighted by atomic mass is 16.4. The molecule has 1 unspecified atom stereocenters. The van der Waals surface area contributed by atoms with Gasteiger partial charge in [-0.2, -0.15) is 0 Å². The first-order chi connectivity index (χ1) is 5.63. The average Bonchev–Trinajstić information content (AvgIpc) is 2.03. The van der Waals surface area contributed by atoms with Crippen LogP contribution in [0.25, 0.3) is 0 Å². The first kappa shape index (κ1) is 11.4. The molecule has 0 aromatic rings. The molecule has 5 heteroatoms. The van der Waals surface area contributed by atoms with E-state index in [0.717, 1.165) is 0 Å². The van der Waals surface area contributed by atoms with E-state index in [1.165, 1.54) is 0 Å². The van der Waals surface area contributed by atoms with Crippen molar-refractivity contribution in [3.8, 4) is 0 Å². The normalized spacial score (nSPS) is 13.3. The lowest BCUT2D eigenvalue weighted by Crippen LogP contribution is -2.39. The summed E-state index contributed by atoms with van der Waals surface area (Å²) in [5.41, 5.74) is 16.0. The van der Waals surface area contributed by atoms with Crippen molar-refractivity contribution in [2.24, 2.45) is 23.1 Å². The van der Waals surface area contributed by atoms with Gasteiger partial charge >= 0.3 is 5.97 Å². The minimum atomic E-state index is -0.984. The van der Waals surface area contributed by atoms with Crippen LogP contribution >= 0.6 is 0 Å². The third-order valence-electron chi connectivity index (χ3n) is 1.87. The lowest BCUT2D eigenvalue weighted by Gasteiger charge is -2.18. The molecule has 0 spiro atoms. The Bertz CT molecular complexity index is 135. The fraction of sp³-hybridized carbons (Fsp3) is 0.857. The summed E-state index contributed by atoms with van der Waals surface area (Å²) >= 11 is 0. The van der Waals surface area contributed by atoms with E-state index >= 15 is 0 Å². The second kappa shape index (κ2) is 5.93. The average molecular weight is 175 g/mol. The standard InChI is InChI=1S/C7H17N3O2/c8-3-1-5(2-4-9)6(10)7(11)12/h5-6H,1-4,8-10H2,(H,11,12). The Kier molecular flexibility index (Phi) is 5.61. The summed E-state index contributed by atoms with van der Waals surface area (Å²) in [6.45, 7) is 0.900. The molecule has 0 fully saturated rings. The fourth-order valence-corrected chi connectivity index (χ4v) is 1.13. The Labute approximate surface area is 71.9 Å². The number of nitrogens with two attached hydrogens (primary N) is 3. The smallest absolute Gasteiger partial charge is 0.320 e. The van der Waals surface area contributed by atoms with Gasteiger partial charge in [0, 0.05) is 0 Å². The van der Waals surface area contributed by atoms with Crippen molar-refractivity contribution in [2.45, 2.75) is 18.9 Å². The molecule has 0 aliphatic heterocycles. The molecule has 72 valence electrons. The second-order valence-electron chi connectivity index (χ2n) is 2.78. The molecule has 0 aliphatic carbocycles. The highest BCUT2D eigenvalue weighted by molar-refractivity contribution is 5.73. The number of hydrogen-bond acceptors (Lipinski definition) is 4. The van der Waals surface area contributed by atoms with Gasteiger partial charge in [-0.15, -0.1) is 0 Å². The highest BCUT2D eigenvalue weighted by Crippen LogP contribution is 2.10. The summed E-state index contributed by atoms with van der Waals surface area (Å²) in [6, 6.07) is -0.836. The largest absolute Gasteiger partial charge is 0.480 e. The van der Waals surface area contributed by atoms with Crippen molar-refractivity contribution < 1.29 is 9.90 Å². The minimum Gasteiger partial charge on any atom is -0.480 e. The van der Waals surface area contributed by atoms with Crippen LogP contribution in [0, 0.1) is 5.92 Å². The summed E-state index contributed by atoms with van der Waals surface area (Å²) in [6.07, 6.45) is 1.23. The molecule has 0 bridgehead atoms. The topological polar surface area (TPSA) is 115 Å². The van der Waals surface area contributed by atoms with Gasteiger partial charge in [-0.05, 0) is 31.8 Å². The van der Waals surface area contributed by atoms with Crippen LogP contribution in [-0.4, -0.2) is 30.2 Å². The van der Waals surface area contributed by atoms with E-state index in [0.29, 0.717) is 25.9 Å². The zero-order chi connectivity index (χ0) is 9.56. The Hall–Kier alpha value is -0.650. The van der Waals surface area contributed by atoms with Crippen molar-refractivity contribution in [1.29, 1.82) is 0 Å². The number of carbonyl (C=O) groups is 1. The van der Waals surface area contributed by atoms with Gasteiger partial charge in [-0.1, -0.05) is 0 Å². The number of carboxylic acids is 1. The maximum Gasteiger partial charge on any atom is 0.320 e. The molecule has 0 rings (SSSR count). The summed E-state index contributed by atoms with van der Waals surface area (Å²) in [7, 11) is 0.